The molecule has 0 aliphatic heterocycles. The van der Waals surface area contributed by atoms with E-state index in [0.717, 1.165) is 52.0 Å². The molecule has 1 aromatic heterocycles. The average molecular weight is 380 g/mol. The summed E-state index contributed by atoms with van der Waals surface area (Å²) in [6.07, 6.45) is 2.30. The van der Waals surface area contributed by atoms with E-state index in [2.05, 4.69) is 78.2 Å². The van der Waals surface area contributed by atoms with Crippen LogP contribution in [0.5, 0.6) is 0 Å². The van der Waals surface area contributed by atoms with Gasteiger partial charge in [-0.05, 0) is 41.5 Å². The fourth-order valence-corrected chi connectivity index (χ4v) is 3.96. The zero-order chi connectivity index (χ0) is 19.6. The number of nitrogens with one attached hydrogen (secondary N) is 2. The molecule has 0 aliphatic rings. The molecule has 0 unspecified atom stereocenters. The topological polar surface area (TPSA) is 37.2 Å². The van der Waals surface area contributed by atoms with Crippen molar-refractivity contribution in [1.82, 2.24) is 0 Å². The summed E-state index contributed by atoms with van der Waals surface area (Å²) in [4.78, 5) is 0. The van der Waals surface area contributed by atoms with Crippen molar-refractivity contribution in [1.29, 1.82) is 0 Å². The maximum absolute atomic E-state index is 6.50. The maximum Gasteiger partial charge on any atom is 0.159 e. The van der Waals surface area contributed by atoms with Gasteiger partial charge >= 0.3 is 0 Å². The van der Waals surface area contributed by atoms with Crippen LogP contribution < -0.4 is 10.6 Å². The van der Waals surface area contributed by atoms with Gasteiger partial charge in [0.1, 0.15) is 0 Å². The first-order valence-electron chi connectivity index (χ1n) is 10.3. The Labute approximate surface area is 170 Å². The highest BCUT2D eigenvalue weighted by Crippen LogP contribution is 2.42. The Hall–Kier alpha value is -3.46. The molecule has 0 atom stereocenters. The zero-order valence-electron chi connectivity index (χ0n) is 16.5. The molecule has 0 fully saturated rings. The molecule has 1 heterocycles. The quantitative estimate of drug-likeness (QED) is 0.296. The Kier molecular flexibility index (Phi) is 4.57. The number of benzene rings is 4. The van der Waals surface area contributed by atoms with E-state index in [1.54, 1.807) is 0 Å². The van der Waals surface area contributed by atoms with Gasteiger partial charge in [0.15, 0.2) is 11.2 Å². The molecule has 4 aromatic carbocycles. The molecule has 0 spiro atoms. The molecule has 3 nitrogen and oxygen atoms in total. The largest absolute Gasteiger partial charge is 0.452 e. The molecular formula is C26H24N2O. The number of para-hydroxylation sites is 2. The Morgan fingerprint density at radius 2 is 1.55 bits per heavy atom. The van der Waals surface area contributed by atoms with E-state index in [9.17, 15) is 0 Å². The molecule has 5 aromatic rings. The molecule has 0 bridgehead atoms. The minimum Gasteiger partial charge on any atom is -0.452 e. The Morgan fingerprint density at radius 1 is 0.759 bits per heavy atom. The minimum atomic E-state index is 0.896. The van der Waals surface area contributed by atoms with Crippen LogP contribution in [0.1, 0.15) is 19.8 Å². The van der Waals surface area contributed by atoms with Gasteiger partial charge in [0, 0.05) is 23.0 Å². The van der Waals surface area contributed by atoms with Gasteiger partial charge in [0.05, 0.1) is 11.4 Å². The summed E-state index contributed by atoms with van der Waals surface area (Å²) in [5, 5.41) is 11.8. The lowest BCUT2D eigenvalue weighted by atomic mass is 10.0. The number of unbranched alkanes of at least 4 members (excludes halogenated alkanes) is 1. The van der Waals surface area contributed by atoms with E-state index in [1.807, 2.05) is 18.2 Å². The minimum absolute atomic E-state index is 0.896. The third-order valence-electron chi connectivity index (χ3n) is 5.39. The van der Waals surface area contributed by atoms with Crippen molar-refractivity contribution in [2.75, 3.05) is 17.2 Å². The van der Waals surface area contributed by atoms with Crippen molar-refractivity contribution >= 4 is 49.8 Å². The highest BCUT2D eigenvalue weighted by molar-refractivity contribution is 6.23. The second-order valence-corrected chi connectivity index (χ2v) is 7.41. The lowest BCUT2D eigenvalue weighted by Gasteiger charge is -2.09. The summed E-state index contributed by atoms with van der Waals surface area (Å²) in [7, 11) is 0. The predicted molar refractivity (Wildman–Crippen MR) is 124 cm³/mol. The van der Waals surface area contributed by atoms with Crippen LogP contribution in [-0.4, -0.2) is 6.54 Å². The van der Waals surface area contributed by atoms with Crippen LogP contribution in [0.4, 0.5) is 17.1 Å². The molecular weight excluding hydrogens is 356 g/mol. The van der Waals surface area contributed by atoms with E-state index >= 15 is 0 Å². The van der Waals surface area contributed by atoms with Gasteiger partial charge in [0.2, 0.25) is 0 Å². The third-order valence-corrected chi connectivity index (χ3v) is 5.39. The fourth-order valence-electron chi connectivity index (χ4n) is 3.96. The molecule has 3 heteroatoms. The monoisotopic (exact) mass is 380 g/mol. The van der Waals surface area contributed by atoms with Crippen LogP contribution in [0, 0.1) is 0 Å². The SMILES string of the molecule is CCCCNc1cccc2c1oc1c(Nc3ccccc3)cc3ccccc3c12. The Morgan fingerprint density at radius 3 is 2.41 bits per heavy atom. The summed E-state index contributed by atoms with van der Waals surface area (Å²) in [6, 6.07) is 27.3. The van der Waals surface area contributed by atoms with Gasteiger partial charge in [0.25, 0.3) is 0 Å². The van der Waals surface area contributed by atoms with E-state index in [1.165, 1.54) is 17.2 Å². The van der Waals surface area contributed by atoms with Crippen LogP contribution >= 0.6 is 0 Å². The predicted octanol–water partition coefficient (Wildman–Crippen LogP) is 7.69. The van der Waals surface area contributed by atoms with Gasteiger partial charge in [-0.2, -0.15) is 0 Å². The van der Waals surface area contributed by atoms with Gasteiger partial charge in [-0.1, -0.05) is 67.9 Å². The highest BCUT2D eigenvalue weighted by atomic mass is 16.3. The molecule has 5 rings (SSSR count). The standard InChI is InChI=1S/C26H24N2O/c1-2-3-16-27-22-15-9-14-21-24-20-13-8-7-10-18(20)17-23(26(24)29-25(21)22)28-19-11-5-4-6-12-19/h4-15,17,27-28H,2-3,16H2,1H3. The normalized spacial score (nSPS) is 11.3. The molecule has 0 amide bonds. The lowest BCUT2D eigenvalue weighted by Crippen LogP contribution is -2.00. The van der Waals surface area contributed by atoms with Crippen molar-refractivity contribution in [2.45, 2.75) is 19.8 Å². The van der Waals surface area contributed by atoms with Crippen LogP contribution in [-0.2, 0) is 0 Å². The van der Waals surface area contributed by atoms with Crippen LogP contribution in [0.15, 0.2) is 83.3 Å². The molecule has 144 valence electrons. The van der Waals surface area contributed by atoms with Crippen LogP contribution in [0.3, 0.4) is 0 Å². The molecule has 0 aliphatic carbocycles. The van der Waals surface area contributed by atoms with E-state index in [4.69, 9.17) is 4.42 Å². The van der Waals surface area contributed by atoms with Gasteiger partial charge in [-0.3, -0.25) is 0 Å². The maximum atomic E-state index is 6.50. The van der Waals surface area contributed by atoms with Gasteiger partial charge in [-0.15, -0.1) is 0 Å². The first-order valence-corrected chi connectivity index (χ1v) is 10.3. The van der Waals surface area contributed by atoms with Crippen molar-refractivity contribution < 1.29 is 4.42 Å². The van der Waals surface area contributed by atoms with E-state index in [0.29, 0.717) is 0 Å². The van der Waals surface area contributed by atoms with Crippen molar-refractivity contribution in [2.24, 2.45) is 0 Å². The number of anilines is 3. The first-order chi connectivity index (χ1) is 14.3. The molecule has 2 N–H and O–H groups in total. The Bertz CT molecular complexity index is 1290. The highest BCUT2D eigenvalue weighted by Gasteiger charge is 2.17. The fraction of sp³-hybridized carbons (Fsp3) is 0.154. The Balaban J connectivity index is 1.76. The van der Waals surface area contributed by atoms with E-state index < -0.39 is 0 Å². The van der Waals surface area contributed by atoms with E-state index in [-0.39, 0.29) is 0 Å². The summed E-state index contributed by atoms with van der Waals surface area (Å²) in [5.74, 6) is 0. The van der Waals surface area contributed by atoms with Gasteiger partial charge < -0.3 is 15.1 Å². The average Bonchev–Trinajstić information content (AvgIpc) is 3.16. The second-order valence-electron chi connectivity index (χ2n) is 7.41. The molecule has 29 heavy (non-hydrogen) atoms. The smallest absolute Gasteiger partial charge is 0.159 e. The summed E-state index contributed by atoms with van der Waals surface area (Å²) < 4.78 is 6.50. The number of hydrogen-bond donors (Lipinski definition) is 2. The van der Waals surface area contributed by atoms with Crippen LogP contribution in [0.2, 0.25) is 0 Å². The summed E-state index contributed by atoms with van der Waals surface area (Å²) in [6.45, 7) is 3.15. The molecule has 0 saturated heterocycles. The number of hydrogen-bond acceptors (Lipinski definition) is 3. The van der Waals surface area contributed by atoms with Crippen molar-refractivity contribution in [3.63, 3.8) is 0 Å². The number of rotatable bonds is 6. The van der Waals surface area contributed by atoms with Crippen molar-refractivity contribution in [3.05, 3.63) is 78.9 Å². The lowest BCUT2D eigenvalue weighted by molar-refractivity contribution is 0.670. The molecule has 0 saturated carbocycles. The summed E-state index contributed by atoms with van der Waals surface area (Å²) in [5.41, 5.74) is 4.91. The first kappa shape index (κ1) is 17.6. The van der Waals surface area contributed by atoms with Gasteiger partial charge in [-0.25, -0.2) is 0 Å². The summed E-state index contributed by atoms with van der Waals surface area (Å²) >= 11 is 0. The molecule has 0 radical (unpaired) electrons. The number of furan rings is 1. The van der Waals surface area contributed by atoms with Crippen LogP contribution in [0.25, 0.3) is 32.7 Å². The zero-order valence-corrected chi connectivity index (χ0v) is 16.5. The van der Waals surface area contributed by atoms with Crippen molar-refractivity contribution in [3.8, 4) is 0 Å². The third kappa shape index (κ3) is 3.19. The second kappa shape index (κ2) is 7.51. The number of fused-ring (bicyclic) bond motifs is 5.